The second-order valence-corrected chi connectivity index (χ2v) is 5.29. The highest BCUT2D eigenvalue weighted by Gasteiger charge is 2.41. The van der Waals surface area contributed by atoms with Crippen molar-refractivity contribution >= 4 is 29.1 Å². The van der Waals surface area contributed by atoms with Crippen LogP contribution in [0.3, 0.4) is 0 Å². The number of nitrogens with one attached hydrogen (secondary N) is 1. The lowest BCUT2D eigenvalue weighted by atomic mass is 9.81. The zero-order valence-electron chi connectivity index (χ0n) is 10.6. The van der Waals surface area contributed by atoms with Crippen molar-refractivity contribution in [2.45, 2.75) is 37.6 Å². The molecule has 1 aliphatic carbocycles. The molecule has 8 heteroatoms. The monoisotopic (exact) mass is 299 g/mol. The molecule has 0 radical (unpaired) electrons. The highest BCUT2D eigenvalue weighted by molar-refractivity contribution is 6.30. The van der Waals surface area contributed by atoms with Crippen LogP contribution in [-0.2, 0) is 4.79 Å². The summed E-state index contributed by atoms with van der Waals surface area (Å²) in [5, 5.41) is 23.4. The SMILES string of the molecule is O=C(O)C1(Nc2ncc(Cl)cc2[N+](=O)[O-])CCCCC1. The number of hydrogen-bond donors (Lipinski definition) is 2. The number of carboxylic acids is 1. The van der Waals surface area contributed by atoms with Gasteiger partial charge in [-0.25, -0.2) is 9.78 Å². The predicted octanol–water partition coefficient (Wildman–Crippen LogP) is 2.84. The Kier molecular flexibility index (Phi) is 4.08. The molecule has 2 N–H and O–H groups in total. The van der Waals surface area contributed by atoms with Crippen LogP contribution in [0, 0.1) is 10.1 Å². The number of carbonyl (C=O) groups is 1. The van der Waals surface area contributed by atoms with E-state index >= 15 is 0 Å². The number of hydrogen-bond acceptors (Lipinski definition) is 5. The molecular formula is C12H14ClN3O4. The summed E-state index contributed by atoms with van der Waals surface area (Å²) in [6, 6.07) is 1.16. The van der Waals surface area contributed by atoms with Crippen molar-refractivity contribution < 1.29 is 14.8 Å². The molecule has 1 aromatic rings. The van der Waals surface area contributed by atoms with Gasteiger partial charge in [-0.15, -0.1) is 0 Å². The van der Waals surface area contributed by atoms with E-state index in [9.17, 15) is 20.0 Å². The molecule has 1 saturated carbocycles. The van der Waals surface area contributed by atoms with Gasteiger partial charge < -0.3 is 10.4 Å². The van der Waals surface area contributed by atoms with Crippen LogP contribution in [0.25, 0.3) is 0 Å². The van der Waals surface area contributed by atoms with Crippen LogP contribution in [0.5, 0.6) is 0 Å². The molecule has 1 aliphatic rings. The van der Waals surface area contributed by atoms with E-state index in [0.717, 1.165) is 25.3 Å². The van der Waals surface area contributed by atoms with Crippen LogP contribution in [0.2, 0.25) is 5.02 Å². The zero-order chi connectivity index (χ0) is 14.8. The molecule has 20 heavy (non-hydrogen) atoms. The second kappa shape index (κ2) is 5.62. The molecule has 0 aromatic carbocycles. The average Bonchev–Trinajstić information content (AvgIpc) is 2.41. The van der Waals surface area contributed by atoms with Crippen LogP contribution in [-0.4, -0.2) is 26.5 Å². The Bertz CT molecular complexity index is 544. The van der Waals surface area contributed by atoms with Gasteiger partial charge in [0.25, 0.3) is 0 Å². The van der Waals surface area contributed by atoms with E-state index in [-0.39, 0.29) is 16.5 Å². The topological polar surface area (TPSA) is 105 Å². The first-order valence-corrected chi connectivity index (χ1v) is 6.64. The quantitative estimate of drug-likeness (QED) is 0.654. The summed E-state index contributed by atoms with van der Waals surface area (Å²) in [7, 11) is 0. The zero-order valence-corrected chi connectivity index (χ0v) is 11.4. The van der Waals surface area contributed by atoms with Crippen LogP contribution >= 0.6 is 11.6 Å². The highest BCUT2D eigenvalue weighted by atomic mass is 35.5. The van der Waals surface area contributed by atoms with Gasteiger partial charge in [0, 0.05) is 12.3 Å². The Morgan fingerprint density at radius 3 is 2.65 bits per heavy atom. The van der Waals surface area contributed by atoms with Gasteiger partial charge in [-0.05, 0) is 12.8 Å². The van der Waals surface area contributed by atoms with Crippen molar-refractivity contribution in [3.05, 3.63) is 27.4 Å². The largest absolute Gasteiger partial charge is 0.480 e. The third kappa shape index (κ3) is 2.82. The summed E-state index contributed by atoms with van der Waals surface area (Å²) in [5.41, 5.74) is -1.51. The molecule has 1 fully saturated rings. The maximum atomic E-state index is 11.5. The van der Waals surface area contributed by atoms with Gasteiger partial charge in [0.1, 0.15) is 5.54 Å². The molecule has 108 valence electrons. The lowest BCUT2D eigenvalue weighted by Crippen LogP contribution is -2.48. The Morgan fingerprint density at radius 2 is 2.10 bits per heavy atom. The number of aliphatic carboxylic acids is 1. The molecule has 1 aromatic heterocycles. The Hall–Kier alpha value is -1.89. The molecule has 0 atom stereocenters. The first-order chi connectivity index (χ1) is 9.44. The molecule has 0 spiro atoms. The minimum absolute atomic E-state index is 0.0521. The number of rotatable bonds is 4. The molecule has 0 amide bonds. The van der Waals surface area contributed by atoms with E-state index < -0.39 is 16.4 Å². The maximum absolute atomic E-state index is 11.5. The van der Waals surface area contributed by atoms with Gasteiger partial charge in [0.05, 0.1) is 9.95 Å². The van der Waals surface area contributed by atoms with E-state index in [4.69, 9.17) is 11.6 Å². The third-order valence-corrected chi connectivity index (χ3v) is 3.71. The van der Waals surface area contributed by atoms with E-state index in [1.807, 2.05) is 0 Å². The van der Waals surface area contributed by atoms with Gasteiger partial charge in [-0.2, -0.15) is 0 Å². The Morgan fingerprint density at radius 1 is 1.45 bits per heavy atom. The lowest BCUT2D eigenvalue weighted by molar-refractivity contribution is -0.384. The summed E-state index contributed by atoms with van der Waals surface area (Å²) in [5.74, 6) is -1.06. The van der Waals surface area contributed by atoms with Crippen molar-refractivity contribution in [3.63, 3.8) is 0 Å². The van der Waals surface area contributed by atoms with Gasteiger partial charge in [0.2, 0.25) is 5.82 Å². The summed E-state index contributed by atoms with van der Waals surface area (Å²) in [6.07, 6.45) is 4.59. The predicted molar refractivity (Wildman–Crippen MR) is 73.0 cm³/mol. The lowest BCUT2D eigenvalue weighted by Gasteiger charge is -2.34. The molecule has 0 saturated heterocycles. The molecule has 7 nitrogen and oxygen atoms in total. The number of halogens is 1. The fraction of sp³-hybridized carbons (Fsp3) is 0.500. The fourth-order valence-electron chi connectivity index (χ4n) is 2.44. The fourth-order valence-corrected chi connectivity index (χ4v) is 2.59. The number of aromatic nitrogens is 1. The summed E-state index contributed by atoms with van der Waals surface area (Å²) >= 11 is 5.69. The summed E-state index contributed by atoms with van der Waals surface area (Å²) < 4.78 is 0. The Labute approximate surface area is 120 Å². The van der Waals surface area contributed by atoms with Gasteiger partial charge in [-0.3, -0.25) is 10.1 Å². The molecule has 0 aliphatic heterocycles. The van der Waals surface area contributed by atoms with Crippen molar-refractivity contribution in [2.24, 2.45) is 0 Å². The van der Waals surface area contributed by atoms with E-state index in [1.165, 1.54) is 6.20 Å². The molecule has 1 heterocycles. The van der Waals surface area contributed by atoms with Crippen LogP contribution < -0.4 is 5.32 Å². The number of nitrogens with zero attached hydrogens (tertiary/aromatic N) is 2. The first-order valence-electron chi connectivity index (χ1n) is 6.26. The van der Waals surface area contributed by atoms with Crippen molar-refractivity contribution in [1.82, 2.24) is 4.98 Å². The van der Waals surface area contributed by atoms with Crippen LogP contribution in [0.4, 0.5) is 11.5 Å². The van der Waals surface area contributed by atoms with Crippen molar-refractivity contribution in [1.29, 1.82) is 0 Å². The molecule has 0 bridgehead atoms. The standard InChI is InChI=1S/C12H14ClN3O4/c13-8-6-9(16(19)20)10(14-7-8)15-12(11(17)18)4-2-1-3-5-12/h6-7H,1-5H2,(H,14,15)(H,17,18). The van der Waals surface area contributed by atoms with E-state index in [1.54, 1.807) is 0 Å². The molecule has 2 rings (SSSR count). The summed E-state index contributed by atoms with van der Waals surface area (Å²) in [6.45, 7) is 0. The third-order valence-electron chi connectivity index (χ3n) is 3.51. The normalized spacial score (nSPS) is 17.4. The van der Waals surface area contributed by atoms with Crippen LogP contribution in [0.1, 0.15) is 32.1 Å². The number of anilines is 1. The molecular weight excluding hydrogens is 286 g/mol. The van der Waals surface area contributed by atoms with Gasteiger partial charge in [0.15, 0.2) is 0 Å². The van der Waals surface area contributed by atoms with E-state index in [0.29, 0.717) is 12.8 Å². The average molecular weight is 300 g/mol. The molecule has 0 unspecified atom stereocenters. The maximum Gasteiger partial charge on any atom is 0.329 e. The van der Waals surface area contributed by atoms with Crippen molar-refractivity contribution in [3.8, 4) is 0 Å². The van der Waals surface area contributed by atoms with Gasteiger partial charge >= 0.3 is 11.7 Å². The number of nitro groups is 1. The Balaban J connectivity index is 2.36. The van der Waals surface area contributed by atoms with Crippen LogP contribution in [0.15, 0.2) is 12.3 Å². The smallest absolute Gasteiger partial charge is 0.329 e. The summed E-state index contributed by atoms with van der Waals surface area (Å²) in [4.78, 5) is 25.8. The van der Waals surface area contributed by atoms with E-state index in [2.05, 4.69) is 10.3 Å². The first kappa shape index (κ1) is 14.5. The highest BCUT2D eigenvalue weighted by Crippen LogP contribution is 2.35. The van der Waals surface area contributed by atoms with Gasteiger partial charge in [-0.1, -0.05) is 30.9 Å². The van der Waals surface area contributed by atoms with Crippen molar-refractivity contribution in [2.75, 3.05) is 5.32 Å². The minimum Gasteiger partial charge on any atom is -0.480 e. The second-order valence-electron chi connectivity index (χ2n) is 4.85. The number of pyridine rings is 1. The minimum atomic E-state index is -1.19. The number of carboxylic acid groups (broad SMARTS) is 1.